The predicted octanol–water partition coefficient (Wildman–Crippen LogP) is 4.72. The summed E-state index contributed by atoms with van der Waals surface area (Å²) in [5.74, 6) is -1.48. The van der Waals surface area contributed by atoms with E-state index >= 15 is 0 Å². The first-order valence-corrected chi connectivity index (χ1v) is 16.1. The van der Waals surface area contributed by atoms with Crippen LogP contribution in [0.15, 0.2) is 35.5 Å². The Kier molecular flexibility index (Phi) is 10.00. The summed E-state index contributed by atoms with van der Waals surface area (Å²) in [7, 11) is -3.48. The molecule has 0 radical (unpaired) electrons. The highest BCUT2D eigenvalue weighted by atomic mass is 32.2. The highest BCUT2D eigenvalue weighted by molar-refractivity contribution is 7.91. The largest absolute Gasteiger partial charge is 0.447 e. The topological polar surface area (TPSA) is 145 Å². The van der Waals surface area contributed by atoms with Gasteiger partial charge in [-0.1, -0.05) is 20.8 Å². The van der Waals surface area contributed by atoms with Gasteiger partial charge in [-0.3, -0.25) is 19.7 Å². The Hall–Kier alpha value is -3.26. The predicted molar refractivity (Wildman–Crippen MR) is 151 cm³/mol. The van der Waals surface area contributed by atoms with Gasteiger partial charge in [-0.25, -0.2) is 13.2 Å². The highest BCUT2D eigenvalue weighted by Crippen LogP contribution is 2.43. The third-order valence-corrected chi connectivity index (χ3v) is 10.0. The van der Waals surface area contributed by atoms with Crippen LogP contribution in [-0.2, 0) is 21.1 Å². The second kappa shape index (κ2) is 13.2. The van der Waals surface area contributed by atoms with Gasteiger partial charge in [0.2, 0.25) is 0 Å². The van der Waals surface area contributed by atoms with Crippen molar-refractivity contribution in [2.24, 2.45) is 23.5 Å². The van der Waals surface area contributed by atoms with Crippen LogP contribution in [0.5, 0.6) is 0 Å². The number of amides is 2. The molecule has 236 valence electrons. The molecule has 10 nitrogen and oxygen atoms in total. The smallest absolute Gasteiger partial charge is 0.404 e. The molecule has 0 unspecified atom stereocenters. The zero-order chi connectivity index (χ0) is 31.5. The zero-order valence-electron chi connectivity index (χ0n) is 24.4. The normalized spacial score (nSPS) is 21.8. The number of primary amides is 1. The van der Waals surface area contributed by atoms with Crippen LogP contribution in [-0.4, -0.2) is 60.4 Å². The van der Waals surface area contributed by atoms with E-state index in [1.165, 1.54) is 31.5 Å². The van der Waals surface area contributed by atoms with Gasteiger partial charge in [0.1, 0.15) is 12.6 Å². The summed E-state index contributed by atoms with van der Waals surface area (Å²) in [4.78, 5) is 35.7. The quantitative estimate of drug-likeness (QED) is 0.386. The molecular weight excluding hydrogens is 587 g/mol. The fourth-order valence-electron chi connectivity index (χ4n) is 6.00. The first-order valence-electron chi connectivity index (χ1n) is 14.4. The van der Waals surface area contributed by atoms with E-state index in [0.717, 1.165) is 11.3 Å². The van der Waals surface area contributed by atoms with Gasteiger partial charge in [0.25, 0.3) is 5.91 Å². The summed E-state index contributed by atoms with van der Waals surface area (Å²) in [6.07, 6.45) is -1.18. The average Bonchev–Trinajstić information content (AvgIpc) is 3.32. The first-order chi connectivity index (χ1) is 20.2. The van der Waals surface area contributed by atoms with Crippen molar-refractivity contribution in [1.29, 1.82) is 0 Å². The van der Waals surface area contributed by atoms with E-state index in [2.05, 4.69) is 34.0 Å². The van der Waals surface area contributed by atoms with E-state index in [1.807, 2.05) is 0 Å². The molecule has 14 heteroatoms. The van der Waals surface area contributed by atoms with Gasteiger partial charge in [0, 0.05) is 25.5 Å². The van der Waals surface area contributed by atoms with Crippen LogP contribution in [0.4, 0.5) is 18.0 Å². The molecule has 4 rings (SSSR count). The van der Waals surface area contributed by atoms with Crippen LogP contribution >= 0.6 is 0 Å². The van der Waals surface area contributed by atoms with Gasteiger partial charge in [-0.15, -0.1) is 0 Å². The standard InChI is InChI=1S/C29H38F3N5O5S/c1-4-43(40,41)22-9-10-23(34-13-22)24(16-42-28(33)39)36-27(38)19-11-20-15-37(26(17(2)3)25(20)35-12-19)14-18-5-7-21(8-6-18)29(30,31)32/h9-13,17-18,21,24,26H,4-8,14-16H2,1-3H3,(H2,33,39)(H,36,38)/t18-,21-,24-,26-/m0/s1. The van der Waals surface area contributed by atoms with Crippen LogP contribution in [0, 0.1) is 17.8 Å². The lowest BCUT2D eigenvalue weighted by Gasteiger charge is -2.35. The molecule has 2 aromatic rings. The van der Waals surface area contributed by atoms with E-state index in [1.54, 1.807) is 6.07 Å². The molecule has 0 aromatic carbocycles. The number of nitrogens with two attached hydrogens (primary N) is 1. The minimum atomic E-state index is -4.14. The van der Waals surface area contributed by atoms with E-state index < -0.39 is 40.0 Å². The third kappa shape index (κ3) is 7.83. The highest BCUT2D eigenvalue weighted by Gasteiger charge is 2.42. The lowest BCUT2D eigenvalue weighted by Crippen LogP contribution is -2.35. The Bertz CT molecular complexity index is 1410. The van der Waals surface area contributed by atoms with Crippen molar-refractivity contribution in [3.8, 4) is 0 Å². The minimum absolute atomic E-state index is 0.0220. The maximum Gasteiger partial charge on any atom is 0.404 e. The molecular formula is C29H38F3N5O5S. The van der Waals surface area contributed by atoms with Gasteiger partial charge in [0.05, 0.1) is 39.6 Å². The monoisotopic (exact) mass is 625 g/mol. The van der Waals surface area contributed by atoms with Gasteiger partial charge < -0.3 is 15.8 Å². The number of sulfone groups is 1. The zero-order valence-corrected chi connectivity index (χ0v) is 25.2. The minimum Gasteiger partial charge on any atom is -0.447 e. The van der Waals surface area contributed by atoms with Crippen molar-refractivity contribution in [3.63, 3.8) is 0 Å². The Balaban J connectivity index is 1.48. The van der Waals surface area contributed by atoms with Gasteiger partial charge >= 0.3 is 12.3 Å². The number of carbonyl (C=O) groups excluding carboxylic acids is 2. The number of hydrogen-bond donors (Lipinski definition) is 2. The molecule has 1 saturated carbocycles. The Morgan fingerprint density at radius 1 is 1.14 bits per heavy atom. The van der Waals surface area contributed by atoms with Crippen molar-refractivity contribution < 1.29 is 35.9 Å². The number of nitrogens with zero attached hydrogens (tertiary/aromatic N) is 3. The lowest BCUT2D eigenvalue weighted by atomic mass is 9.81. The molecule has 43 heavy (non-hydrogen) atoms. The molecule has 2 aliphatic rings. The van der Waals surface area contributed by atoms with Crippen molar-refractivity contribution >= 4 is 21.8 Å². The summed E-state index contributed by atoms with van der Waals surface area (Å²) in [6, 6.07) is 3.62. The molecule has 3 heterocycles. The van der Waals surface area contributed by atoms with Crippen LogP contribution < -0.4 is 11.1 Å². The van der Waals surface area contributed by atoms with Crippen LogP contribution in [0.1, 0.15) is 85.8 Å². The molecule has 1 aliphatic carbocycles. The number of fused-ring (bicyclic) bond motifs is 1. The van der Waals surface area contributed by atoms with E-state index in [9.17, 15) is 31.2 Å². The second-order valence-corrected chi connectivity index (χ2v) is 13.9. The SMILES string of the molecule is CCS(=O)(=O)c1ccc([C@H](COC(N)=O)NC(=O)c2cnc3c(c2)CN(C[C@H]2CC[C@H](C(F)(F)F)CC2)[C@H]3C(C)C)nc1. The Labute approximate surface area is 249 Å². The second-order valence-electron chi connectivity index (χ2n) is 11.6. The fourth-order valence-corrected chi connectivity index (χ4v) is 6.83. The molecule has 1 fully saturated rings. The van der Waals surface area contributed by atoms with Crippen molar-refractivity contribution in [3.05, 3.63) is 53.1 Å². The lowest BCUT2D eigenvalue weighted by molar-refractivity contribution is -0.184. The van der Waals surface area contributed by atoms with Crippen molar-refractivity contribution in [2.45, 2.75) is 76.2 Å². The van der Waals surface area contributed by atoms with Gasteiger partial charge in [0.15, 0.2) is 9.84 Å². The number of alkyl halides is 3. The molecule has 3 N–H and O–H groups in total. The maximum atomic E-state index is 13.3. The molecule has 0 spiro atoms. The molecule has 2 atom stereocenters. The Morgan fingerprint density at radius 3 is 2.40 bits per heavy atom. The molecule has 1 aliphatic heterocycles. The Morgan fingerprint density at radius 2 is 1.84 bits per heavy atom. The number of ether oxygens (including phenoxy) is 1. The maximum absolute atomic E-state index is 13.3. The first kappa shape index (κ1) is 32.6. The number of hydrogen-bond acceptors (Lipinski definition) is 8. The van der Waals surface area contributed by atoms with E-state index in [4.69, 9.17) is 10.5 Å². The number of carbonyl (C=O) groups is 2. The average molecular weight is 626 g/mol. The summed E-state index contributed by atoms with van der Waals surface area (Å²) in [5, 5.41) is 2.77. The van der Waals surface area contributed by atoms with Crippen LogP contribution in [0.25, 0.3) is 0 Å². The molecule has 2 aromatic heterocycles. The van der Waals surface area contributed by atoms with E-state index in [-0.39, 0.29) is 59.2 Å². The summed E-state index contributed by atoms with van der Waals surface area (Å²) >= 11 is 0. The number of nitrogens with one attached hydrogen (secondary N) is 1. The number of aromatic nitrogens is 2. The third-order valence-electron chi connectivity index (χ3n) is 8.30. The van der Waals surface area contributed by atoms with Gasteiger partial charge in [-0.05, 0) is 61.3 Å². The summed E-state index contributed by atoms with van der Waals surface area (Å²) < 4.78 is 68.7. The van der Waals surface area contributed by atoms with Crippen LogP contribution in [0.2, 0.25) is 0 Å². The molecule has 2 amide bonds. The van der Waals surface area contributed by atoms with Crippen LogP contribution in [0.3, 0.4) is 0 Å². The summed E-state index contributed by atoms with van der Waals surface area (Å²) in [5.41, 5.74) is 7.38. The molecule has 0 bridgehead atoms. The number of pyridine rings is 2. The van der Waals surface area contributed by atoms with E-state index in [0.29, 0.717) is 25.9 Å². The molecule has 0 saturated heterocycles. The summed E-state index contributed by atoms with van der Waals surface area (Å²) in [6.45, 7) is 6.52. The van der Waals surface area contributed by atoms with Crippen molar-refractivity contribution in [2.75, 3.05) is 18.9 Å². The number of halogens is 3. The number of rotatable bonds is 10. The van der Waals surface area contributed by atoms with Crippen molar-refractivity contribution in [1.82, 2.24) is 20.2 Å². The van der Waals surface area contributed by atoms with Gasteiger partial charge in [-0.2, -0.15) is 13.2 Å². The fraction of sp³-hybridized carbons (Fsp3) is 0.586.